The second-order valence-electron chi connectivity index (χ2n) is 7.03. The van der Waals surface area contributed by atoms with Gasteiger partial charge in [-0.25, -0.2) is 9.78 Å². The third-order valence-electron chi connectivity index (χ3n) is 5.15. The van der Waals surface area contributed by atoms with Crippen LogP contribution in [0.25, 0.3) is 10.2 Å². The van der Waals surface area contributed by atoms with E-state index in [1.807, 2.05) is 13.8 Å². The molecule has 0 unspecified atom stereocenters. The molecule has 0 radical (unpaired) electrons. The molecule has 0 aliphatic heterocycles. The lowest BCUT2D eigenvalue weighted by molar-refractivity contribution is -0.120. The summed E-state index contributed by atoms with van der Waals surface area (Å²) in [5, 5.41) is 5.73. The molecule has 2 aromatic heterocycles. The Balaban J connectivity index is 1.65. The van der Waals surface area contributed by atoms with Gasteiger partial charge < -0.3 is 5.32 Å². The smallest absolute Gasteiger partial charge is 0.321 e. The lowest BCUT2D eigenvalue weighted by Crippen LogP contribution is -2.48. The lowest BCUT2D eigenvalue weighted by atomic mass is 9.86. The fraction of sp³-hybridized carbons (Fsp3) is 0.556. The summed E-state index contributed by atoms with van der Waals surface area (Å²) in [5.41, 5.74) is 0.634. The number of imide groups is 1. The summed E-state index contributed by atoms with van der Waals surface area (Å²) in [6.07, 6.45) is 5.64. The number of carbonyl (C=O) groups is 2. The number of rotatable bonds is 3. The van der Waals surface area contributed by atoms with Crippen molar-refractivity contribution in [2.24, 2.45) is 5.92 Å². The molecule has 2 aromatic rings. The maximum absolute atomic E-state index is 12.6. The van der Waals surface area contributed by atoms with Gasteiger partial charge >= 0.3 is 6.03 Å². The number of carbonyl (C=O) groups excluding carboxylic acids is 2. The molecule has 7 nitrogen and oxygen atoms in total. The molecule has 2 N–H and O–H groups in total. The van der Waals surface area contributed by atoms with Crippen molar-refractivity contribution in [2.75, 3.05) is 0 Å². The molecule has 2 atom stereocenters. The number of hydrogen-bond donors (Lipinski definition) is 2. The van der Waals surface area contributed by atoms with Crippen LogP contribution in [0.15, 0.2) is 11.1 Å². The van der Waals surface area contributed by atoms with Crippen LogP contribution < -0.4 is 16.2 Å². The number of aryl methyl sites for hydroxylation is 2. The van der Waals surface area contributed by atoms with Crippen molar-refractivity contribution in [2.45, 2.75) is 59.0 Å². The molecule has 1 saturated carbocycles. The Morgan fingerprint density at radius 1 is 1.31 bits per heavy atom. The van der Waals surface area contributed by atoms with Crippen molar-refractivity contribution in [3.63, 3.8) is 0 Å². The summed E-state index contributed by atoms with van der Waals surface area (Å²) in [5.74, 6) is -0.123. The molecule has 26 heavy (non-hydrogen) atoms. The molecule has 1 aliphatic rings. The Morgan fingerprint density at radius 3 is 2.77 bits per heavy atom. The van der Waals surface area contributed by atoms with E-state index >= 15 is 0 Å². The van der Waals surface area contributed by atoms with E-state index in [1.165, 1.54) is 28.7 Å². The molecule has 8 heteroatoms. The fourth-order valence-corrected chi connectivity index (χ4v) is 4.43. The van der Waals surface area contributed by atoms with Crippen molar-refractivity contribution in [3.8, 4) is 0 Å². The molecule has 3 amide bonds. The highest BCUT2D eigenvalue weighted by Crippen LogP contribution is 2.25. The maximum atomic E-state index is 12.6. The predicted molar refractivity (Wildman–Crippen MR) is 101 cm³/mol. The van der Waals surface area contributed by atoms with Crippen LogP contribution in [0.5, 0.6) is 0 Å². The van der Waals surface area contributed by atoms with Crippen LogP contribution in [0.4, 0.5) is 4.79 Å². The number of urea groups is 1. The number of aromatic nitrogens is 2. The lowest BCUT2D eigenvalue weighted by Gasteiger charge is -2.29. The van der Waals surface area contributed by atoms with Gasteiger partial charge in [0.15, 0.2) is 0 Å². The summed E-state index contributed by atoms with van der Waals surface area (Å²) in [6.45, 7) is 5.69. The second-order valence-corrected chi connectivity index (χ2v) is 8.23. The summed E-state index contributed by atoms with van der Waals surface area (Å²) in [4.78, 5) is 42.8. The van der Waals surface area contributed by atoms with Crippen LogP contribution >= 0.6 is 11.3 Å². The first kappa shape index (κ1) is 18.6. The number of nitrogens with one attached hydrogen (secondary N) is 2. The minimum atomic E-state index is -0.529. The minimum absolute atomic E-state index is 0.0914. The highest BCUT2D eigenvalue weighted by molar-refractivity contribution is 7.18. The molecule has 0 spiro atoms. The van der Waals surface area contributed by atoms with Gasteiger partial charge in [-0.3, -0.25) is 19.5 Å². The standard InChI is InChI=1S/C18H24N4O3S/c1-10-6-4-5-7-13(10)20-18(25)21-14(23)8-22-9-19-16-15(17(22)24)11(2)12(3)26-16/h9-10,13H,4-8H2,1-3H3,(H2,20,21,23,25)/t10-,13+/m1/s1. The second kappa shape index (κ2) is 7.57. The summed E-state index contributed by atoms with van der Waals surface area (Å²) < 4.78 is 1.24. The van der Waals surface area contributed by atoms with Gasteiger partial charge in [0.25, 0.3) is 5.56 Å². The quantitative estimate of drug-likeness (QED) is 0.861. The van der Waals surface area contributed by atoms with Crippen LogP contribution in [0, 0.1) is 19.8 Å². The molecule has 2 heterocycles. The average Bonchev–Trinajstić information content (AvgIpc) is 2.87. The summed E-state index contributed by atoms with van der Waals surface area (Å²) in [6, 6.07) is -0.410. The zero-order chi connectivity index (χ0) is 18.8. The molecule has 140 valence electrons. The number of amides is 3. The topological polar surface area (TPSA) is 93.1 Å². The van der Waals surface area contributed by atoms with E-state index in [9.17, 15) is 14.4 Å². The number of nitrogens with zero attached hydrogens (tertiary/aromatic N) is 2. The monoisotopic (exact) mass is 376 g/mol. The van der Waals surface area contributed by atoms with E-state index < -0.39 is 11.9 Å². The first-order valence-electron chi connectivity index (χ1n) is 8.92. The highest BCUT2D eigenvalue weighted by Gasteiger charge is 2.23. The van der Waals surface area contributed by atoms with Crippen molar-refractivity contribution in [3.05, 3.63) is 27.1 Å². The number of thiophene rings is 1. The van der Waals surface area contributed by atoms with Gasteiger partial charge in [0.2, 0.25) is 5.91 Å². The van der Waals surface area contributed by atoms with Crippen LogP contribution in [-0.2, 0) is 11.3 Å². The molecule has 1 aliphatic carbocycles. The zero-order valence-corrected chi connectivity index (χ0v) is 16.1. The molecular weight excluding hydrogens is 352 g/mol. The van der Waals surface area contributed by atoms with E-state index in [1.54, 1.807) is 0 Å². The van der Waals surface area contributed by atoms with E-state index in [2.05, 4.69) is 22.5 Å². The van der Waals surface area contributed by atoms with Gasteiger partial charge in [0.1, 0.15) is 11.4 Å². The molecule has 3 rings (SSSR count). The summed E-state index contributed by atoms with van der Waals surface area (Å²) in [7, 11) is 0. The first-order chi connectivity index (χ1) is 12.4. The zero-order valence-electron chi connectivity index (χ0n) is 15.3. The minimum Gasteiger partial charge on any atom is -0.335 e. The van der Waals surface area contributed by atoms with Crippen LogP contribution in [-0.4, -0.2) is 27.5 Å². The number of fused-ring (bicyclic) bond motifs is 1. The molecule has 1 fully saturated rings. The first-order valence-corrected chi connectivity index (χ1v) is 9.74. The Hall–Kier alpha value is -2.22. The van der Waals surface area contributed by atoms with Gasteiger partial charge in [0, 0.05) is 10.9 Å². The van der Waals surface area contributed by atoms with Crippen molar-refractivity contribution >= 4 is 33.5 Å². The third-order valence-corrected chi connectivity index (χ3v) is 6.27. The largest absolute Gasteiger partial charge is 0.335 e. The van der Waals surface area contributed by atoms with Crippen LogP contribution in [0.1, 0.15) is 43.0 Å². The Labute approximate surface area is 155 Å². The van der Waals surface area contributed by atoms with Gasteiger partial charge in [0.05, 0.1) is 11.7 Å². The maximum Gasteiger partial charge on any atom is 0.321 e. The van der Waals surface area contributed by atoms with E-state index in [0.717, 1.165) is 29.7 Å². The van der Waals surface area contributed by atoms with E-state index in [0.29, 0.717) is 16.1 Å². The van der Waals surface area contributed by atoms with Gasteiger partial charge in [-0.15, -0.1) is 11.3 Å². The Bertz CT molecular complexity index is 902. The van der Waals surface area contributed by atoms with Gasteiger partial charge in [-0.2, -0.15) is 0 Å². The van der Waals surface area contributed by atoms with Crippen molar-refractivity contribution in [1.29, 1.82) is 0 Å². The van der Waals surface area contributed by atoms with E-state index in [4.69, 9.17) is 0 Å². The summed E-state index contributed by atoms with van der Waals surface area (Å²) >= 11 is 1.46. The molecule has 0 aromatic carbocycles. The Kier molecular flexibility index (Phi) is 5.41. The Morgan fingerprint density at radius 2 is 2.04 bits per heavy atom. The molecule has 0 bridgehead atoms. The third kappa shape index (κ3) is 3.80. The normalized spacial score (nSPS) is 20.1. The number of hydrogen-bond acceptors (Lipinski definition) is 5. The average molecular weight is 376 g/mol. The highest BCUT2D eigenvalue weighted by atomic mass is 32.1. The van der Waals surface area contributed by atoms with Gasteiger partial charge in [-0.1, -0.05) is 19.8 Å². The molecular formula is C18H24N4O3S. The van der Waals surface area contributed by atoms with Crippen molar-refractivity contribution < 1.29 is 9.59 Å². The predicted octanol–water partition coefficient (Wildman–Crippen LogP) is 2.48. The van der Waals surface area contributed by atoms with Crippen molar-refractivity contribution in [1.82, 2.24) is 20.2 Å². The van der Waals surface area contributed by atoms with Gasteiger partial charge in [-0.05, 0) is 38.2 Å². The fourth-order valence-electron chi connectivity index (χ4n) is 3.44. The van der Waals surface area contributed by atoms with Crippen LogP contribution in [0.3, 0.4) is 0 Å². The SMILES string of the molecule is Cc1sc2ncn(CC(=O)NC(=O)N[C@H]3CCCC[C@H]3C)c(=O)c2c1C. The van der Waals surface area contributed by atoms with Crippen LogP contribution in [0.2, 0.25) is 0 Å². The van der Waals surface area contributed by atoms with E-state index in [-0.39, 0.29) is 18.1 Å². The molecule has 0 saturated heterocycles.